The van der Waals surface area contributed by atoms with Crippen molar-refractivity contribution in [3.63, 3.8) is 0 Å². The lowest BCUT2D eigenvalue weighted by molar-refractivity contribution is -0.126. The quantitative estimate of drug-likeness (QED) is 0.713. The van der Waals surface area contributed by atoms with Gasteiger partial charge >= 0.3 is 0 Å². The highest BCUT2D eigenvalue weighted by Crippen LogP contribution is 2.17. The smallest absolute Gasteiger partial charge is 0.246 e. The molecule has 112 valence electrons. The lowest BCUT2D eigenvalue weighted by Crippen LogP contribution is -2.32. The minimum absolute atomic E-state index is 0.0464. The molecule has 0 aliphatic heterocycles. The molecule has 1 aromatic carbocycles. The van der Waals surface area contributed by atoms with Crippen LogP contribution in [0.2, 0.25) is 0 Å². The number of rotatable bonds is 9. The molecule has 0 spiro atoms. The lowest BCUT2D eigenvalue weighted by atomic mass is 10.1. The number of carbonyl (C=O) groups is 1. The highest BCUT2D eigenvalue weighted by atomic mass is 16.5. The van der Waals surface area contributed by atoms with E-state index in [1.54, 1.807) is 0 Å². The second-order valence-electron chi connectivity index (χ2n) is 4.43. The van der Waals surface area contributed by atoms with E-state index in [1.807, 2.05) is 38.1 Å². The first-order valence-electron chi connectivity index (χ1n) is 6.80. The van der Waals surface area contributed by atoms with E-state index in [0.29, 0.717) is 13.2 Å². The molecule has 0 saturated carbocycles. The molecule has 1 atom stereocenters. The molecule has 1 aromatic rings. The van der Waals surface area contributed by atoms with Crippen LogP contribution in [0.1, 0.15) is 24.2 Å². The average molecular weight is 281 g/mol. The van der Waals surface area contributed by atoms with E-state index < -0.39 is 0 Å². The Morgan fingerprint density at radius 3 is 2.65 bits per heavy atom. The first-order chi connectivity index (χ1) is 9.67. The predicted molar refractivity (Wildman–Crippen MR) is 76.5 cm³/mol. The normalized spacial score (nSPS) is 12.2. The van der Waals surface area contributed by atoms with Crippen LogP contribution in [-0.4, -0.2) is 44.0 Å². The molecular weight excluding hydrogens is 258 g/mol. The summed E-state index contributed by atoms with van der Waals surface area (Å²) in [6.45, 7) is 4.96. The van der Waals surface area contributed by atoms with E-state index in [9.17, 15) is 4.79 Å². The highest BCUT2D eigenvalue weighted by Gasteiger charge is 2.13. The van der Waals surface area contributed by atoms with E-state index in [4.69, 9.17) is 14.6 Å². The van der Waals surface area contributed by atoms with Gasteiger partial charge in [0.2, 0.25) is 5.91 Å². The van der Waals surface area contributed by atoms with Gasteiger partial charge in [-0.25, -0.2) is 0 Å². The van der Waals surface area contributed by atoms with E-state index in [-0.39, 0.29) is 31.8 Å². The average Bonchev–Trinajstić information content (AvgIpc) is 2.46. The van der Waals surface area contributed by atoms with Crippen molar-refractivity contribution >= 4 is 5.91 Å². The Hall–Kier alpha value is -1.43. The highest BCUT2D eigenvalue weighted by molar-refractivity contribution is 5.77. The third-order valence-electron chi connectivity index (χ3n) is 2.78. The Balaban J connectivity index is 2.55. The number of hydrogen-bond donors (Lipinski definition) is 2. The first-order valence-corrected chi connectivity index (χ1v) is 6.80. The van der Waals surface area contributed by atoms with E-state index in [1.165, 1.54) is 0 Å². The van der Waals surface area contributed by atoms with Gasteiger partial charge in [0.1, 0.15) is 6.61 Å². The fourth-order valence-corrected chi connectivity index (χ4v) is 1.70. The van der Waals surface area contributed by atoms with Crippen molar-refractivity contribution in [1.29, 1.82) is 0 Å². The summed E-state index contributed by atoms with van der Waals surface area (Å²) in [6.07, 6.45) is -0.270. The van der Waals surface area contributed by atoms with Crippen LogP contribution in [0.15, 0.2) is 24.3 Å². The number of benzene rings is 1. The van der Waals surface area contributed by atoms with Crippen molar-refractivity contribution < 1.29 is 19.4 Å². The number of nitrogens with one attached hydrogen (secondary N) is 1. The summed E-state index contributed by atoms with van der Waals surface area (Å²) in [7, 11) is 0. The fraction of sp³-hybridized carbons (Fsp3) is 0.533. The zero-order valence-electron chi connectivity index (χ0n) is 12.1. The largest absolute Gasteiger partial charge is 0.394 e. The number of carbonyl (C=O) groups excluding carboxylic acids is 1. The summed E-state index contributed by atoms with van der Waals surface area (Å²) >= 11 is 0. The topological polar surface area (TPSA) is 67.8 Å². The van der Waals surface area contributed by atoms with Crippen molar-refractivity contribution in [2.75, 3.05) is 33.0 Å². The summed E-state index contributed by atoms with van der Waals surface area (Å²) in [5.41, 5.74) is 2.13. The standard InChI is InChI=1S/C15H23NO4/c1-3-19-11-15(18)16-10-14(20-9-8-17)13-6-4-12(2)5-7-13/h4-7,14,17H,3,8-11H2,1-2H3,(H,16,18)/t14-/m0/s1. The molecule has 5 nitrogen and oxygen atoms in total. The SMILES string of the molecule is CCOCC(=O)NC[C@H](OCCO)c1ccc(C)cc1. The summed E-state index contributed by atoms with van der Waals surface area (Å²) in [5.74, 6) is -0.170. The van der Waals surface area contributed by atoms with Crippen molar-refractivity contribution in [2.24, 2.45) is 0 Å². The number of amides is 1. The summed E-state index contributed by atoms with van der Waals surface area (Å²) in [6, 6.07) is 7.91. The summed E-state index contributed by atoms with van der Waals surface area (Å²) in [4.78, 5) is 11.5. The Kier molecular flexibility index (Phi) is 7.87. The molecule has 0 bridgehead atoms. The minimum Gasteiger partial charge on any atom is -0.394 e. The Bertz CT molecular complexity index is 391. The number of hydrogen-bond acceptors (Lipinski definition) is 4. The molecule has 0 saturated heterocycles. The van der Waals surface area contributed by atoms with Gasteiger partial charge in [0.25, 0.3) is 0 Å². The lowest BCUT2D eigenvalue weighted by Gasteiger charge is -2.19. The van der Waals surface area contributed by atoms with Crippen LogP contribution in [0.3, 0.4) is 0 Å². The van der Waals surface area contributed by atoms with Gasteiger partial charge in [0, 0.05) is 13.2 Å². The first kappa shape index (κ1) is 16.6. The Labute approximate surface area is 119 Å². The maximum atomic E-state index is 11.5. The maximum Gasteiger partial charge on any atom is 0.246 e. The third-order valence-corrected chi connectivity index (χ3v) is 2.78. The van der Waals surface area contributed by atoms with Crippen LogP contribution < -0.4 is 5.32 Å². The molecule has 0 fully saturated rings. The summed E-state index contributed by atoms with van der Waals surface area (Å²) in [5, 5.41) is 11.6. The van der Waals surface area contributed by atoms with Crippen LogP contribution in [-0.2, 0) is 14.3 Å². The molecule has 1 rings (SSSR count). The molecule has 0 radical (unpaired) electrons. The van der Waals surface area contributed by atoms with Gasteiger partial charge in [-0.15, -0.1) is 0 Å². The van der Waals surface area contributed by atoms with Crippen molar-refractivity contribution in [3.8, 4) is 0 Å². The molecule has 5 heteroatoms. The van der Waals surface area contributed by atoms with E-state index in [0.717, 1.165) is 11.1 Å². The minimum atomic E-state index is -0.270. The number of ether oxygens (including phenoxy) is 2. The van der Waals surface area contributed by atoms with Crippen LogP contribution >= 0.6 is 0 Å². The molecule has 0 aromatic heterocycles. The Morgan fingerprint density at radius 1 is 1.35 bits per heavy atom. The second kappa shape index (κ2) is 9.47. The van der Waals surface area contributed by atoms with Gasteiger partial charge in [-0.1, -0.05) is 29.8 Å². The van der Waals surface area contributed by atoms with Gasteiger partial charge in [-0.05, 0) is 19.4 Å². The van der Waals surface area contributed by atoms with Crippen molar-refractivity contribution in [1.82, 2.24) is 5.32 Å². The van der Waals surface area contributed by atoms with Gasteiger partial charge in [-0.3, -0.25) is 4.79 Å². The zero-order chi connectivity index (χ0) is 14.8. The van der Waals surface area contributed by atoms with Gasteiger partial charge < -0.3 is 19.9 Å². The molecule has 0 aliphatic rings. The predicted octanol–water partition coefficient (Wildman–Crippen LogP) is 1.20. The van der Waals surface area contributed by atoms with Gasteiger partial charge in [-0.2, -0.15) is 0 Å². The van der Waals surface area contributed by atoms with Crippen LogP contribution in [0, 0.1) is 6.92 Å². The fourth-order valence-electron chi connectivity index (χ4n) is 1.70. The zero-order valence-corrected chi connectivity index (χ0v) is 12.1. The number of aryl methyl sites for hydroxylation is 1. The molecule has 2 N–H and O–H groups in total. The van der Waals surface area contributed by atoms with Gasteiger partial charge in [0.15, 0.2) is 0 Å². The Morgan fingerprint density at radius 2 is 2.05 bits per heavy atom. The molecule has 1 amide bonds. The number of aliphatic hydroxyl groups is 1. The molecule has 20 heavy (non-hydrogen) atoms. The third kappa shape index (κ3) is 6.14. The summed E-state index contributed by atoms with van der Waals surface area (Å²) < 4.78 is 10.6. The van der Waals surface area contributed by atoms with E-state index in [2.05, 4.69) is 5.32 Å². The maximum absolute atomic E-state index is 11.5. The molecule has 0 heterocycles. The van der Waals surface area contributed by atoms with Crippen molar-refractivity contribution in [2.45, 2.75) is 20.0 Å². The van der Waals surface area contributed by atoms with Crippen molar-refractivity contribution in [3.05, 3.63) is 35.4 Å². The molecular formula is C15H23NO4. The van der Waals surface area contributed by atoms with Gasteiger partial charge in [0.05, 0.1) is 19.3 Å². The van der Waals surface area contributed by atoms with Crippen LogP contribution in [0.25, 0.3) is 0 Å². The molecule has 0 aliphatic carbocycles. The second-order valence-corrected chi connectivity index (χ2v) is 4.43. The monoisotopic (exact) mass is 281 g/mol. The molecule has 0 unspecified atom stereocenters. The number of aliphatic hydroxyl groups excluding tert-OH is 1. The van der Waals surface area contributed by atoms with Crippen LogP contribution in [0.4, 0.5) is 0 Å². The van der Waals surface area contributed by atoms with Crippen LogP contribution in [0.5, 0.6) is 0 Å². The van der Waals surface area contributed by atoms with E-state index >= 15 is 0 Å².